The SMILES string of the molecule is CCCCCCCCCCCCCCCCOC1CCCCO1. The number of hydrogen-bond donors (Lipinski definition) is 0. The van der Waals surface area contributed by atoms with Gasteiger partial charge in [0.1, 0.15) is 0 Å². The fraction of sp³-hybridized carbons (Fsp3) is 1.00. The van der Waals surface area contributed by atoms with Crippen LogP contribution in [0.3, 0.4) is 0 Å². The molecule has 1 heterocycles. The molecule has 0 aromatic carbocycles. The molecule has 0 spiro atoms. The van der Waals surface area contributed by atoms with E-state index in [2.05, 4.69) is 6.92 Å². The molecule has 23 heavy (non-hydrogen) atoms. The van der Waals surface area contributed by atoms with Crippen molar-refractivity contribution in [2.45, 2.75) is 122 Å². The fourth-order valence-electron chi connectivity index (χ4n) is 3.35. The second kappa shape index (κ2) is 16.8. The van der Waals surface area contributed by atoms with E-state index in [0.29, 0.717) is 0 Å². The largest absolute Gasteiger partial charge is 0.353 e. The molecule has 1 unspecified atom stereocenters. The molecule has 0 N–H and O–H groups in total. The lowest BCUT2D eigenvalue weighted by atomic mass is 10.0. The van der Waals surface area contributed by atoms with Crippen molar-refractivity contribution in [2.24, 2.45) is 0 Å². The second-order valence-electron chi connectivity index (χ2n) is 7.26. The summed E-state index contributed by atoms with van der Waals surface area (Å²) in [5.74, 6) is 0. The van der Waals surface area contributed by atoms with E-state index in [1.54, 1.807) is 0 Å². The zero-order chi connectivity index (χ0) is 16.4. The van der Waals surface area contributed by atoms with Crippen LogP contribution >= 0.6 is 0 Å². The zero-order valence-electron chi connectivity index (χ0n) is 15.8. The molecule has 1 atom stereocenters. The lowest BCUT2D eigenvalue weighted by molar-refractivity contribution is -0.162. The first kappa shape index (κ1) is 21.0. The smallest absolute Gasteiger partial charge is 0.157 e. The molecule has 1 aliphatic heterocycles. The Balaban J connectivity index is 1.67. The van der Waals surface area contributed by atoms with Crippen LogP contribution in [0.1, 0.15) is 116 Å². The second-order valence-corrected chi connectivity index (χ2v) is 7.26. The third-order valence-electron chi connectivity index (χ3n) is 4.94. The van der Waals surface area contributed by atoms with Crippen molar-refractivity contribution in [3.63, 3.8) is 0 Å². The molecule has 1 fully saturated rings. The molecule has 1 rings (SSSR count). The van der Waals surface area contributed by atoms with Crippen molar-refractivity contribution in [1.82, 2.24) is 0 Å². The van der Waals surface area contributed by atoms with Crippen molar-refractivity contribution < 1.29 is 9.47 Å². The van der Waals surface area contributed by atoms with Crippen molar-refractivity contribution in [1.29, 1.82) is 0 Å². The Kier molecular flexibility index (Phi) is 15.3. The van der Waals surface area contributed by atoms with Gasteiger partial charge in [-0.15, -0.1) is 0 Å². The van der Waals surface area contributed by atoms with Gasteiger partial charge in [0, 0.05) is 13.2 Å². The highest BCUT2D eigenvalue weighted by atomic mass is 16.7. The monoisotopic (exact) mass is 326 g/mol. The first-order chi connectivity index (χ1) is 11.4. The van der Waals surface area contributed by atoms with Crippen molar-refractivity contribution in [3.05, 3.63) is 0 Å². The van der Waals surface area contributed by atoms with Crippen LogP contribution < -0.4 is 0 Å². The Morgan fingerprint density at radius 2 is 1.22 bits per heavy atom. The van der Waals surface area contributed by atoms with Gasteiger partial charge < -0.3 is 9.47 Å². The molecule has 2 nitrogen and oxygen atoms in total. The van der Waals surface area contributed by atoms with Crippen LogP contribution in [0.25, 0.3) is 0 Å². The summed E-state index contributed by atoms with van der Waals surface area (Å²) in [5, 5.41) is 0. The summed E-state index contributed by atoms with van der Waals surface area (Å²) in [4.78, 5) is 0. The van der Waals surface area contributed by atoms with Gasteiger partial charge in [0.25, 0.3) is 0 Å². The summed E-state index contributed by atoms with van der Waals surface area (Å²) < 4.78 is 11.3. The Bertz CT molecular complexity index is 224. The van der Waals surface area contributed by atoms with Gasteiger partial charge in [-0.05, 0) is 25.7 Å². The standard InChI is InChI=1S/C21H42O2/c1-2-3-4-5-6-7-8-9-10-11-12-13-14-16-19-22-21-18-15-17-20-23-21/h21H,2-20H2,1H3. The van der Waals surface area contributed by atoms with Gasteiger partial charge in [0.05, 0.1) is 0 Å². The van der Waals surface area contributed by atoms with Crippen molar-refractivity contribution >= 4 is 0 Å². The minimum absolute atomic E-state index is 0.103. The molecule has 0 aliphatic carbocycles. The Morgan fingerprint density at radius 1 is 0.696 bits per heavy atom. The summed E-state index contributed by atoms with van der Waals surface area (Å²) >= 11 is 0. The molecule has 0 saturated carbocycles. The number of hydrogen-bond acceptors (Lipinski definition) is 2. The lowest BCUT2D eigenvalue weighted by Gasteiger charge is -2.22. The van der Waals surface area contributed by atoms with Gasteiger partial charge in [-0.25, -0.2) is 0 Å². The van der Waals surface area contributed by atoms with E-state index in [-0.39, 0.29) is 6.29 Å². The van der Waals surface area contributed by atoms with Crippen LogP contribution in [0.5, 0.6) is 0 Å². The maximum Gasteiger partial charge on any atom is 0.157 e. The van der Waals surface area contributed by atoms with E-state index >= 15 is 0 Å². The van der Waals surface area contributed by atoms with Gasteiger partial charge in [0.2, 0.25) is 0 Å². The third kappa shape index (κ3) is 14.0. The minimum atomic E-state index is 0.103. The van der Waals surface area contributed by atoms with Gasteiger partial charge >= 0.3 is 0 Å². The number of ether oxygens (including phenoxy) is 2. The summed E-state index contributed by atoms with van der Waals surface area (Å²) in [7, 11) is 0. The van der Waals surface area contributed by atoms with E-state index in [9.17, 15) is 0 Å². The molecule has 1 saturated heterocycles. The zero-order valence-corrected chi connectivity index (χ0v) is 15.8. The maximum absolute atomic E-state index is 5.77. The Hall–Kier alpha value is -0.0800. The highest BCUT2D eigenvalue weighted by molar-refractivity contribution is 4.54. The van der Waals surface area contributed by atoms with Crippen LogP contribution in [-0.2, 0) is 9.47 Å². The molecule has 0 radical (unpaired) electrons. The summed E-state index contributed by atoms with van der Waals surface area (Å²) in [5.41, 5.74) is 0. The van der Waals surface area contributed by atoms with E-state index in [1.165, 1.54) is 103 Å². The predicted molar refractivity (Wildman–Crippen MR) is 99.9 cm³/mol. The average Bonchev–Trinajstić information content (AvgIpc) is 2.59. The summed E-state index contributed by atoms with van der Waals surface area (Å²) in [6.45, 7) is 4.07. The van der Waals surface area contributed by atoms with Crippen LogP contribution in [-0.4, -0.2) is 19.5 Å². The molecule has 0 aromatic heterocycles. The quantitative estimate of drug-likeness (QED) is 0.284. The van der Waals surface area contributed by atoms with Gasteiger partial charge in [0.15, 0.2) is 6.29 Å². The first-order valence-electron chi connectivity index (χ1n) is 10.7. The van der Waals surface area contributed by atoms with Crippen LogP contribution in [0.15, 0.2) is 0 Å². The van der Waals surface area contributed by atoms with Crippen LogP contribution in [0.2, 0.25) is 0 Å². The minimum Gasteiger partial charge on any atom is -0.353 e. The fourth-order valence-corrected chi connectivity index (χ4v) is 3.35. The Morgan fingerprint density at radius 3 is 1.70 bits per heavy atom. The number of unbranched alkanes of at least 4 members (excludes halogenated alkanes) is 13. The van der Waals surface area contributed by atoms with Crippen LogP contribution in [0.4, 0.5) is 0 Å². The molecular formula is C21H42O2. The summed E-state index contributed by atoms with van der Waals surface area (Å²) in [6.07, 6.45) is 23.4. The van der Waals surface area contributed by atoms with Crippen molar-refractivity contribution in [2.75, 3.05) is 13.2 Å². The molecule has 0 bridgehead atoms. The maximum atomic E-state index is 5.77. The molecule has 138 valence electrons. The molecular weight excluding hydrogens is 284 g/mol. The Labute approximate surface area is 145 Å². The van der Waals surface area contributed by atoms with E-state index in [0.717, 1.165) is 19.6 Å². The van der Waals surface area contributed by atoms with Crippen molar-refractivity contribution in [3.8, 4) is 0 Å². The molecule has 0 aromatic rings. The topological polar surface area (TPSA) is 18.5 Å². The van der Waals surface area contributed by atoms with Gasteiger partial charge in [-0.3, -0.25) is 0 Å². The van der Waals surface area contributed by atoms with E-state index < -0.39 is 0 Å². The first-order valence-corrected chi connectivity index (χ1v) is 10.7. The summed E-state index contributed by atoms with van der Waals surface area (Å²) in [6, 6.07) is 0. The molecule has 1 aliphatic rings. The van der Waals surface area contributed by atoms with Crippen LogP contribution in [0, 0.1) is 0 Å². The lowest BCUT2D eigenvalue weighted by Crippen LogP contribution is -2.22. The highest BCUT2D eigenvalue weighted by Crippen LogP contribution is 2.15. The third-order valence-corrected chi connectivity index (χ3v) is 4.94. The highest BCUT2D eigenvalue weighted by Gasteiger charge is 2.13. The predicted octanol–water partition coefficient (Wildman–Crippen LogP) is 7.01. The van der Waals surface area contributed by atoms with E-state index in [4.69, 9.17) is 9.47 Å². The molecule has 2 heteroatoms. The van der Waals surface area contributed by atoms with Gasteiger partial charge in [-0.1, -0.05) is 90.4 Å². The molecule has 0 amide bonds. The average molecular weight is 327 g/mol. The number of rotatable bonds is 16. The normalized spacial score (nSPS) is 18.4. The van der Waals surface area contributed by atoms with Gasteiger partial charge in [-0.2, -0.15) is 0 Å². The van der Waals surface area contributed by atoms with E-state index in [1.807, 2.05) is 0 Å².